The van der Waals surface area contributed by atoms with Gasteiger partial charge in [0.15, 0.2) is 0 Å². The second-order valence-corrected chi connectivity index (χ2v) is 4.99. The average Bonchev–Trinajstić information content (AvgIpc) is 2.40. The van der Waals surface area contributed by atoms with Crippen molar-refractivity contribution in [2.75, 3.05) is 14.2 Å². The maximum atomic E-state index is 5.14. The molecule has 0 fully saturated rings. The van der Waals surface area contributed by atoms with Crippen LogP contribution >= 0.6 is 8.58 Å². The Hall–Kier alpha value is -1.53. The lowest BCUT2D eigenvalue weighted by Gasteiger charge is -2.05. The summed E-state index contributed by atoms with van der Waals surface area (Å²) >= 11 is 0. The molecule has 0 N–H and O–H groups in total. The standard InChI is InChI=1S/C14H15O2P/c1-15-11-3-7-13(8-4-11)17-14-9-5-12(16-2)6-10-14/h3-10,17H,1-2H3. The molecule has 0 unspecified atom stereocenters. The molecule has 0 radical (unpaired) electrons. The third-order valence-electron chi connectivity index (χ3n) is 2.47. The van der Waals surface area contributed by atoms with Crippen molar-refractivity contribution in [3.8, 4) is 11.5 Å². The van der Waals surface area contributed by atoms with Crippen molar-refractivity contribution in [3.63, 3.8) is 0 Å². The fraction of sp³-hybridized carbons (Fsp3) is 0.143. The maximum Gasteiger partial charge on any atom is 0.118 e. The summed E-state index contributed by atoms with van der Waals surface area (Å²) < 4.78 is 10.3. The topological polar surface area (TPSA) is 18.5 Å². The second-order valence-electron chi connectivity index (χ2n) is 3.58. The van der Waals surface area contributed by atoms with Gasteiger partial charge < -0.3 is 9.47 Å². The number of hydrogen-bond acceptors (Lipinski definition) is 2. The van der Waals surface area contributed by atoms with Gasteiger partial charge >= 0.3 is 0 Å². The molecule has 2 nitrogen and oxygen atoms in total. The number of methoxy groups -OCH3 is 2. The van der Waals surface area contributed by atoms with Gasteiger partial charge in [0.25, 0.3) is 0 Å². The Morgan fingerprint density at radius 2 is 1.00 bits per heavy atom. The smallest absolute Gasteiger partial charge is 0.118 e. The van der Waals surface area contributed by atoms with Crippen LogP contribution in [0.3, 0.4) is 0 Å². The van der Waals surface area contributed by atoms with E-state index in [1.165, 1.54) is 10.6 Å². The molecule has 3 heteroatoms. The van der Waals surface area contributed by atoms with Crippen LogP contribution in [0.25, 0.3) is 0 Å². The third-order valence-corrected chi connectivity index (χ3v) is 3.71. The van der Waals surface area contributed by atoms with E-state index in [2.05, 4.69) is 24.3 Å². The van der Waals surface area contributed by atoms with E-state index in [9.17, 15) is 0 Å². The molecule has 2 aromatic rings. The fourth-order valence-electron chi connectivity index (χ4n) is 1.52. The highest BCUT2D eigenvalue weighted by Crippen LogP contribution is 2.16. The van der Waals surface area contributed by atoms with Crippen LogP contribution in [-0.4, -0.2) is 14.2 Å². The third kappa shape index (κ3) is 3.21. The minimum absolute atomic E-state index is 0.661. The molecule has 0 aliphatic carbocycles. The van der Waals surface area contributed by atoms with Crippen LogP contribution in [0.1, 0.15) is 0 Å². The van der Waals surface area contributed by atoms with E-state index in [4.69, 9.17) is 9.47 Å². The van der Waals surface area contributed by atoms with Crippen LogP contribution in [0, 0.1) is 0 Å². The van der Waals surface area contributed by atoms with Gasteiger partial charge in [-0.3, -0.25) is 0 Å². The van der Waals surface area contributed by atoms with Crippen LogP contribution in [0.2, 0.25) is 0 Å². The Kier molecular flexibility index (Phi) is 4.00. The summed E-state index contributed by atoms with van der Waals surface area (Å²) in [4.78, 5) is 0. The predicted octanol–water partition coefficient (Wildman–Crippen LogP) is 2.33. The second kappa shape index (κ2) is 5.70. The fourth-order valence-corrected chi connectivity index (χ4v) is 2.52. The van der Waals surface area contributed by atoms with Gasteiger partial charge in [0.05, 0.1) is 14.2 Å². The molecule has 88 valence electrons. The first-order chi connectivity index (χ1) is 8.31. The van der Waals surface area contributed by atoms with Crippen LogP contribution in [0.15, 0.2) is 48.5 Å². The zero-order valence-corrected chi connectivity index (χ0v) is 10.9. The van der Waals surface area contributed by atoms with Gasteiger partial charge in [-0.15, -0.1) is 0 Å². The molecule has 0 saturated carbocycles. The Bertz CT molecular complexity index is 417. The lowest BCUT2D eigenvalue weighted by molar-refractivity contribution is 0.415. The lowest BCUT2D eigenvalue weighted by atomic mass is 10.3. The van der Waals surface area contributed by atoms with Crippen molar-refractivity contribution in [2.24, 2.45) is 0 Å². The molecule has 0 saturated heterocycles. The summed E-state index contributed by atoms with van der Waals surface area (Å²) in [5, 5.41) is 2.60. The van der Waals surface area contributed by atoms with Crippen LogP contribution < -0.4 is 20.1 Å². The molecular formula is C14H15O2P. The van der Waals surface area contributed by atoms with Crippen molar-refractivity contribution in [1.29, 1.82) is 0 Å². The monoisotopic (exact) mass is 246 g/mol. The molecule has 0 heterocycles. The zero-order chi connectivity index (χ0) is 12.1. The Morgan fingerprint density at radius 1 is 0.647 bits per heavy atom. The van der Waals surface area contributed by atoms with Gasteiger partial charge in [-0.25, -0.2) is 0 Å². The van der Waals surface area contributed by atoms with E-state index < -0.39 is 0 Å². The first-order valence-corrected chi connectivity index (χ1v) is 6.37. The summed E-state index contributed by atoms with van der Waals surface area (Å²) in [6.07, 6.45) is 0. The number of rotatable bonds is 4. The molecule has 2 aromatic carbocycles. The first-order valence-electron chi connectivity index (χ1n) is 5.37. The van der Waals surface area contributed by atoms with Crippen LogP contribution in [-0.2, 0) is 0 Å². The maximum absolute atomic E-state index is 5.14. The molecule has 0 amide bonds. The van der Waals surface area contributed by atoms with Crippen molar-refractivity contribution >= 4 is 19.2 Å². The van der Waals surface area contributed by atoms with E-state index in [1.807, 2.05) is 24.3 Å². The highest BCUT2D eigenvalue weighted by atomic mass is 31.1. The predicted molar refractivity (Wildman–Crippen MR) is 73.6 cm³/mol. The quantitative estimate of drug-likeness (QED) is 0.771. The van der Waals surface area contributed by atoms with E-state index >= 15 is 0 Å². The lowest BCUT2D eigenvalue weighted by Crippen LogP contribution is -2.02. The van der Waals surface area contributed by atoms with Gasteiger partial charge in [0.2, 0.25) is 0 Å². The first kappa shape index (κ1) is 11.9. The number of ether oxygens (including phenoxy) is 2. The molecule has 0 aromatic heterocycles. The molecular weight excluding hydrogens is 231 g/mol. The van der Waals surface area contributed by atoms with Gasteiger partial charge in [-0.05, 0) is 34.9 Å². The van der Waals surface area contributed by atoms with Gasteiger partial charge in [0, 0.05) is 0 Å². The highest BCUT2D eigenvalue weighted by molar-refractivity contribution is 7.55. The SMILES string of the molecule is COc1ccc(Pc2ccc(OC)cc2)cc1. The Labute approximate surface area is 103 Å². The van der Waals surface area contributed by atoms with Crippen molar-refractivity contribution in [3.05, 3.63) is 48.5 Å². The largest absolute Gasteiger partial charge is 0.497 e. The number of benzene rings is 2. The summed E-state index contributed by atoms with van der Waals surface area (Å²) in [5.41, 5.74) is 0. The van der Waals surface area contributed by atoms with Crippen molar-refractivity contribution in [1.82, 2.24) is 0 Å². The van der Waals surface area contributed by atoms with E-state index in [1.54, 1.807) is 14.2 Å². The van der Waals surface area contributed by atoms with Crippen LogP contribution in [0.4, 0.5) is 0 Å². The highest BCUT2D eigenvalue weighted by Gasteiger charge is 1.98. The van der Waals surface area contributed by atoms with Crippen molar-refractivity contribution < 1.29 is 9.47 Å². The molecule has 17 heavy (non-hydrogen) atoms. The Morgan fingerprint density at radius 3 is 1.29 bits per heavy atom. The molecule has 2 rings (SSSR count). The van der Waals surface area contributed by atoms with E-state index in [-0.39, 0.29) is 0 Å². The Balaban J connectivity index is 2.08. The normalized spacial score (nSPS) is 10.0. The van der Waals surface area contributed by atoms with Gasteiger partial charge in [-0.1, -0.05) is 32.8 Å². The van der Waals surface area contributed by atoms with Gasteiger partial charge in [-0.2, -0.15) is 0 Å². The van der Waals surface area contributed by atoms with E-state index in [0.29, 0.717) is 8.58 Å². The molecule has 0 spiro atoms. The van der Waals surface area contributed by atoms with E-state index in [0.717, 1.165) is 11.5 Å². The summed E-state index contributed by atoms with van der Waals surface area (Å²) in [5.74, 6) is 1.79. The summed E-state index contributed by atoms with van der Waals surface area (Å²) in [7, 11) is 4.02. The van der Waals surface area contributed by atoms with Gasteiger partial charge in [0.1, 0.15) is 11.5 Å². The average molecular weight is 246 g/mol. The van der Waals surface area contributed by atoms with Crippen molar-refractivity contribution in [2.45, 2.75) is 0 Å². The summed E-state index contributed by atoms with van der Waals surface area (Å²) in [6, 6.07) is 16.4. The molecule has 0 aliphatic heterocycles. The minimum atomic E-state index is 0.661. The minimum Gasteiger partial charge on any atom is -0.497 e. The number of hydrogen-bond donors (Lipinski definition) is 0. The summed E-state index contributed by atoms with van der Waals surface area (Å²) in [6.45, 7) is 0. The molecule has 0 aliphatic rings. The van der Waals surface area contributed by atoms with Crippen LogP contribution in [0.5, 0.6) is 11.5 Å². The molecule has 0 atom stereocenters. The molecule has 0 bridgehead atoms. The zero-order valence-electron chi connectivity index (χ0n) is 9.94.